The van der Waals surface area contributed by atoms with Gasteiger partial charge in [0.25, 0.3) is 0 Å². The van der Waals surface area contributed by atoms with Gasteiger partial charge in [0.2, 0.25) is 0 Å². The van der Waals surface area contributed by atoms with E-state index in [-0.39, 0.29) is 16.6 Å². The van der Waals surface area contributed by atoms with Crippen LogP contribution in [0.15, 0.2) is 24.3 Å². The SMILES string of the molecule is C#C[C@@H]1C[C@@H]1/C=C\CC(O)C(C)(C)C(/C=C/C)O[Si](C)(C)C(C)(C)C. The molecule has 1 rings (SSSR count). The van der Waals surface area contributed by atoms with Crippen LogP contribution in [0.3, 0.4) is 0 Å². The van der Waals surface area contributed by atoms with E-state index in [1.54, 1.807) is 0 Å². The standard InChI is InChI=1S/C22H38O2Si/c1-10-13-20(24-25(8,9)21(3,4)5)22(6,7)19(23)15-12-14-18-16-17(18)11-2/h2,10,12-14,17-20,23H,15-16H2,1,3-9H3/b13-10+,14-12-/t17-,18+,19?,20?/m1/s1. The lowest BCUT2D eigenvalue weighted by molar-refractivity contribution is -0.0181. The third kappa shape index (κ3) is 5.84. The van der Waals surface area contributed by atoms with E-state index >= 15 is 0 Å². The Balaban J connectivity index is 2.80. The molecule has 142 valence electrons. The molecule has 0 aliphatic heterocycles. The first-order chi connectivity index (χ1) is 11.4. The molecule has 0 radical (unpaired) electrons. The van der Waals surface area contributed by atoms with Crippen molar-refractivity contribution in [1.82, 2.24) is 0 Å². The van der Waals surface area contributed by atoms with Gasteiger partial charge in [0.1, 0.15) is 0 Å². The molecule has 1 saturated carbocycles. The number of allylic oxidation sites excluding steroid dienone is 2. The maximum atomic E-state index is 10.8. The maximum absolute atomic E-state index is 10.8. The fraction of sp³-hybridized carbons (Fsp3) is 0.727. The molecule has 0 aromatic carbocycles. The molecule has 0 bridgehead atoms. The van der Waals surface area contributed by atoms with Crippen LogP contribution in [0.25, 0.3) is 0 Å². The van der Waals surface area contributed by atoms with Gasteiger partial charge in [0, 0.05) is 11.3 Å². The smallest absolute Gasteiger partial charge is 0.192 e. The van der Waals surface area contributed by atoms with Crippen LogP contribution < -0.4 is 0 Å². The van der Waals surface area contributed by atoms with E-state index in [2.05, 4.69) is 71.9 Å². The quantitative estimate of drug-likeness (QED) is 0.348. The van der Waals surface area contributed by atoms with Crippen LogP contribution in [0.2, 0.25) is 18.1 Å². The molecule has 1 N–H and O–H groups in total. The van der Waals surface area contributed by atoms with Crippen molar-refractivity contribution in [3.63, 3.8) is 0 Å². The van der Waals surface area contributed by atoms with Crippen LogP contribution in [0.1, 0.15) is 54.4 Å². The van der Waals surface area contributed by atoms with Crippen LogP contribution >= 0.6 is 0 Å². The molecule has 0 aromatic heterocycles. The van der Waals surface area contributed by atoms with Gasteiger partial charge in [-0.05, 0) is 43.8 Å². The lowest BCUT2D eigenvalue weighted by Gasteiger charge is -2.44. The van der Waals surface area contributed by atoms with E-state index in [0.29, 0.717) is 18.3 Å². The summed E-state index contributed by atoms with van der Waals surface area (Å²) in [5.74, 6) is 3.71. The summed E-state index contributed by atoms with van der Waals surface area (Å²) < 4.78 is 6.64. The minimum atomic E-state index is -1.92. The molecule has 2 unspecified atom stereocenters. The molecule has 4 atom stereocenters. The van der Waals surface area contributed by atoms with Crippen LogP contribution in [0, 0.1) is 29.6 Å². The van der Waals surface area contributed by atoms with Gasteiger partial charge < -0.3 is 9.53 Å². The third-order valence-electron chi connectivity index (χ3n) is 5.98. The minimum Gasteiger partial charge on any atom is -0.410 e. The number of hydrogen-bond donors (Lipinski definition) is 1. The average molecular weight is 363 g/mol. The van der Waals surface area contributed by atoms with Gasteiger partial charge in [-0.25, -0.2) is 0 Å². The number of rotatable bonds is 8. The van der Waals surface area contributed by atoms with Gasteiger partial charge in [-0.15, -0.1) is 12.3 Å². The average Bonchev–Trinajstić information content (AvgIpc) is 3.23. The highest BCUT2D eigenvalue weighted by Gasteiger charge is 2.44. The molecular formula is C22H38O2Si. The fourth-order valence-electron chi connectivity index (χ4n) is 2.60. The summed E-state index contributed by atoms with van der Waals surface area (Å²) in [6, 6.07) is 0. The Morgan fingerprint density at radius 3 is 2.32 bits per heavy atom. The summed E-state index contributed by atoms with van der Waals surface area (Å²) in [6.45, 7) is 17.5. The second-order valence-corrected chi connectivity index (χ2v) is 14.3. The first-order valence-electron chi connectivity index (χ1n) is 9.48. The normalized spacial score (nSPS) is 24.5. The number of terminal acetylenes is 1. The molecule has 0 spiro atoms. The Morgan fingerprint density at radius 1 is 1.28 bits per heavy atom. The zero-order chi connectivity index (χ0) is 19.5. The number of aliphatic hydroxyl groups excluding tert-OH is 1. The van der Waals surface area contributed by atoms with E-state index in [9.17, 15) is 5.11 Å². The van der Waals surface area contributed by atoms with Crippen LogP contribution in [0.5, 0.6) is 0 Å². The lowest BCUT2D eigenvalue weighted by Crippen LogP contribution is -2.50. The highest BCUT2D eigenvalue weighted by molar-refractivity contribution is 6.74. The van der Waals surface area contributed by atoms with Crippen molar-refractivity contribution in [3.05, 3.63) is 24.3 Å². The molecule has 1 fully saturated rings. The zero-order valence-corrected chi connectivity index (χ0v) is 18.5. The van der Waals surface area contributed by atoms with Crippen molar-refractivity contribution in [2.75, 3.05) is 0 Å². The second kappa shape index (κ2) is 8.25. The van der Waals surface area contributed by atoms with E-state index in [4.69, 9.17) is 10.8 Å². The summed E-state index contributed by atoms with van der Waals surface area (Å²) >= 11 is 0. The molecular weight excluding hydrogens is 324 g/mol. The summed E-state index contributed by atoms with van der Waals surface area (Å²) in [6.07, 6.45) is 15.0. The third-order valence-corrected chi connectivity index (χ3v) is 10.4. The van der Waals surface area contributed by atoms with Gasteiger partial charge in [0.15, 0.2) is 8.32 Å². The topological polar surface area (TPSA) is 29.5 Å². The monoisotopic (exact) mass is 362 g/mol. The number of aliphatic hydroxyl groups is 1. The van der Waals surface area contributed by atoms with E-state index < -0.39 is 14.4 Å². The molecule has 0 amide bonds. The predicted molar refractivity (Wildman–Crippen MR) is 111 cm³/mol. The van der Waals surface area contributed by atoms with Crippen molar-refractivity contribution in [3.8, 4) is 12.3 Å². The van der Waals surface area contributed by atoms with E-state index in [1.807, 2.05) is 13.0 Å². The molecule has 1 aliphatic rings. The van der Waals surface area contributed by atoms with Crippen LogP contribution in [0.4, 0.5) is 0 Å². The minimum absolute atomic E-state index is 0.0961. The second-order valence-electron chi connectivity index (χ2n) is 9.50. The van der Waals surface area contributed by atoms with Gasteiger partial charge in [-0.2, -0.15) is 0 Å². The highest BCUT2D eigenvalue weighted by atomic mass is 28.4. The molecule has 0 aromatic rings. The summed E-state index contributed by atoms with van der Waals surface area (Å²) in [5.41, 5.74) is -0.360. The summed E-state index contributed by atoms with van der Waals surface area (Å²) in [4.78, 5) is 0. The first-order valence-corrected chi connectivity index (χ1v) is 12.4. The van der Waals surface area contributed by atoms with Crippen molar-refractivity contribution in [2.45, 2.75) is 84.7 Å². The zero-order valence-electron chi connectivity index (χ0n) is 17.5. The van der Waals surface area contributed by atoms with Gasteiger partial charge in [-0.3, -0.25) is 0 Å². The highest BCUT2D eigenvalue weighted by Crippen LogP contribution is 2.42. The molecule has 1 aliphatic carbocycles. The largest absolute Gasteiger partial charge is 0.410 e. The Morgan fingerprint density at radius 2 is 1.88 bits per heavy atom. The Labute approximate surface area is 156 Å². The van der Waals surface area contributed by atoms with Gasteiger partial charge in [-0.1, -0.05) is 58.9 Å². The molecule has 0 saturated heterocycles. The fourth-order valence-corrected chi connectivity index (χ4v) is 3.97. The van der Waals surface area contributed by atoms with Crippen molar-refractivity contribution in [2.24, 2.45) is 17.3 Å². The van der Waals surface area contributed by atoms with Crippen molar-refractivity contribution < 1.29 is 9.53 Å². The Kier molecular flexibility index (Phi) is 7.33. The summed E-state index contributed by atoms with van der Waals surface area (Å²) in [5, 5.41) is 11.0. The predicted octanol–water partition coefficient (Wildman–Crippen LogP) is 5.56. The van der Waals surface area contributed by atoms with Gasteiger partial charge in [0.05, 0.1) is 12.2 Å². The lowest BCUT2D eigenvalue weighted by atomic mass is 9.79. The summed E-state index contributed by atoms with van der Waals surface area (Å²) in [7, 11) is -1.92. The van der Waals surface area contributed by atoms with Crippen LogP contribution in [-0.4, -0.2) is 25.6 Å². The molecule has 2 nitrogen and oxygen atoms in total. The molecule has 25 heavy (non-hydrogen) atoms. The number of hydrogen-bond acceptors (Lipinski definition) is 2. The maximum Gasteiger partial charge on any atom is 0.192 e. The van der Waals surface area contributed by atoms with Crippen molar-refractivity contribution in [1.29, 1.82) is 0 Å². The van der Waals surface area contributed by atoms with Gasteiger partial charge >= 0.3 is 0 Å². The molecule has 0 heterocycles. The van der Waals surface area contributed by atoms with Crippen LogP contribution in [-0.2, 0) is 4.43 Å². The molecule has 3 heteroatoms. The Hall–Kier alpha value is -0.823. The van der Waals surface area contributed by atoms with E-state index in [0.717, 1.165) is 6.42 Å². The first kappa shape index (κ1) is 22.2. The van der Waals surface area contributed by atoms with E-state index in [1.165, 1.54) is 0 Å². The van der Waals surface area contributed by atoms with Crippen molar-refractivity contribution >= 4 is 8.32 Å². The Bertz CT molecular complexity index is 531.